The van der Waals surface area contributed by atoms with Gasteiger partial charge in [-0.05, 0) is 25.2 Å². The van der Waals surface area contributed by atoms with E-state index in [4.69, 9.17) is 9.15 Å². The van der Waals surface area contributed by atoms with Gasteiger partial charge in [-0.3, -0.25) is 4.79 Å². The van der Waals surface area contributed by atoms with Crippen molar-refractivity contribution in [3.63, 3.8) is 0 Å². The average molecular weight is 434 g/mol. The number of nitrogens with one attached hydrogen (secondary N) is 2. The predicted octanol–water partition coefficient (Wildman–Crippen LogP) is 2.40. The Kier molecular flexibility index (Phi) is 6.43. The molecule has 11 heteroatoms. The van der Waals surface area contributed by atoms with Crippen LogP contribution in [0.5, 0.6) is 5.75 Å². The van der Waals surface area contributed by atoms with Crippen LogP contribution in [0.1, 0.15) is 5.56 Å². The Labute approximate surface area is 174 Å². The number of ether oxygens (including phenoxy) is 1. The smallest absolute Gasteiger partial charge is 0.410 e. The quantitative estimate of drug-likeness (QED) is 0.570. The summed E-state index contributed by atoms with van der Waals surface area (Å²) in [6, 6.07) is 8.69. The Hall–Kier alpha value is -3.31. The molecule has 3 rings (SSSR count). The van der Waals surface area contributed by atoms with Crippen molar-refractivity contribution in [3.8, 4) is 5.75 Å². The Morgan fingerprint density at radius 1 is 1.27 bits per heavy atom. The van der Waals surface area contributed by atoms with Crippen LogP contribution in [-0.4, -0.2) is 36.7 Å². The van der Waals surface area contributed by atoms with Gasteiger partial charge in [0.1, 0.15) is 11.3 Å². The summed E-state index contributed by atoms with van der Waals surface area (Å²) >= 11 is 1.08. The highest BCUT2D eigenvalue weighted by molar-refractivity contribution is 7.98. The number of carbonyl (C=O) groups is 1. The van der Waals surface area contributed by atoms with Crippen molar-refractivity contribution in [1.29, 1.82) is 0 Å². The zero-order valence-corrected chi connectivity index (χ0v) is 17.2. The first-order chi connectivity index (χ1) is 14.3. The van der Waals surface area contributed by atoms with Crippen molar-refractivity contribution in [3.05, 3.63) is 68.7 Å². The molecule has 2 aromatic carbocycles. The lowest BCUT2D eigenvalue weighted by molar-refractivity contribution is 0.172. The normalized spacial score (nSPS) is 10.8. The maximum atomic E-state index is 14.7. The van der Waals surface area contributed by atoms with Crippen molar-refractivity contribution < 1.29 is 18.3 Å². The monoisotopic (exact) mass is 434 g/mol. The van der Waals surface area contributed by atoms with E-state index in [2.05, 4.69) is 9.44 Å². The van der Waals surface area contributed by atoms with Crippen LogP contribution in [0.4, 0.5) is 14.9 Å². The molecule has 0 radical (unpaired) electrons. The van der Waals surface area contributed by atoms with Crippen LogP contribution in [0.25, 0.3) is 11.0 Å². The molecule has 2 N–H and O–H groups in total. The number of hydrogen-bond donors (Lipinski definition) is 2. The molecule has 0 atom stereocenters. The van der Waals surface area contributed by atoms with E-state index in [9.17, 15) is 18.8 Å². The predicted molar refractivity (Wildman–Crippen MR) is 112 cm³/mol. The van der Waals surface area contributed by atoms with Gasteiger partial charge in [-0.25, -0.2) is 23.3 Å². The largest absolute Gasteiger partial charge is 0.422 e. The fourth-order valence-electron chi connectivity index (χ4n) is 2.59. The third-order valence-corrected chi connectivity index (χ3v) is 4.61. The maximum Gasteiger partial charge on any atom is 0.422 e. The summed E-state index contributed by atoms with van der Waals surface area (Å²) in [6.07, 6.45) is -0.620. The molecular formula is C19H19FN4O5S. The van der Waals surface area contributed by atoms with Gasteiger partial charge in [0.15, 0.2) is 5.82 Å². The SMILES string of the molecule is CNSNc1cccc(Cn2c(=O)oc3cc(OC(=O)N(C)C)ccc3c2=O)c1F. The lowest BCUT2D eigenvalue weighted by Gasteiger charge is -2.12. The summed E-state index contributed by atoms with van der Waals surface area (Å²) in [5.74, 6) is -1.42. The third kappa shape index (κ3) is 4.47. The first kappa shape index (κ1) is 21.4. The number of nitrogens with zero attached hydrogens (tertiary/aromatic N) is 2. The van der Waals surface area contributed by atoms with E-state index in [1.807, 2.05) is 0 Å². The lowest BCUT2D eigenvalue weighted by Crippen LogP contribution is -2.33. The summed E-state index contributed by atoms with van der Waals surface area (Å²) < 4.78 is 31.4. The minimum atomic E-state index is -0.953. The molecule has 1 amide bonds. The van der Waals surface area contributed by atoms with Crippen LogP contribution in [0.3, 0.4) is 0 Å². The number of anilines is 1. The second kappa shape index (κ2) is 9.01. The van der Waals surface area contributed by atoms with Crippen LogP contribution in [0.2, 0.25) is 0 Å². The summed E-state index contributed by atoms with van der Waals surface area (Å²) in [5.41, 5.74) is -0.333. The van der Waals surface area contributed by atoms with Crippen molar-refractivity contribution in [2.75, 3.05) is 25.9 Å². The zero-order valence-electron chi connectivity index (χ0n) is 16.4. The summed E-state index contributed by atoms with van der Waals surface area (Å²) in [5, 5.41) is 0.0969. The number of rotatable bonds is 6. The number of aromatic nitrogens is 1. The van der Waals surface area contributed by atoms with Crippen LogP contribution in [0.15, 0.2) is 50.4 Å². The highest BCUT2D eigenvalue weighted by Crippen LogP contribution is 2.21. The van der Waals surface area contributed by atoms with E-state index >= 15 is 0 Å². The highest BCUT2D eigenvalue weighted by atomic mass is 32.2. The minimum Gasteiger partial charge on any atom is -0.410 e. The highest BCUT2D eigenvalue weighted by Gasteiger charge is 2.16. The Morgan fingerprint density at radius 3 is 2.73 bits per heavy atom. The molecule has 0 fully saturated rings. The number of carbonyl (C=O) groups excluding carboxylic acids is 1. The molecule has 0 saturated carbocycles. The zero-order chi connectivity index (χ0) is 21.8. The van der Waals surface area contributed by atoms with E-state index in [-0.39, 0.29) is 34.5 Å². The first-order valence-corrected chi connectivity index (χ1v) is 9.56. The van der Waals surface area contributed by atoms with Gasteiger partial charge in [-0.1, -0.05) is 12.1 Å². The second-order valence-corrected chi connectivity index (χ2v) is 7.18. The molecule has 0 aliphatic rings. The molecule has 1 heterocycles. The minimum absolute atomic E-state index is 0.0355. The van der Waals surface area contributed by atoms with Gasteiger partial charge in [0, 0.05) is 37.9 Å². The Morgan fingerprint density at radius 2 is 2.03 bits per heavy atom. The van der Waals surface area contributed by atoms with Gasteiger partial charge in [0.05, 0.1) is 17.6 Å². The van der Waals surface area contributed by atoms with E-state index < -0.39 is 23.2 Å². The number of fused-ring (bicyclic) bond motifs is 1. The molecular weight excluding hydrogens is 415 g/mol. The topological polar surface area (TPSA) is 106 Å². The molecule has 3 aromatic rings. The van der Waals surface area contributed by atoms with Gasteiger partial charge in [-0.15, -0.1) is 0 Å². The van der Waals surface area contributed by atoms with E-state index in [0.717, 1.165) is 16.7 Å². The van der Waals surface area contributed by atoms with Crippen LogP contribution < -0.4 is 25.5 Å². The van der Waals surface area contributed by atoms with Crippen molar-refractivity contribution in [1.82, 2.24) is 14.2 Å². The number of hydrogen-bond acceptors (Lipinski definition) is 8. The molecule has 30 heavy (non-hydrogen) atoms. The molecule has 0 saturated heterocycles. The molecule has 0 aliphatic heterocycles. The van der Waals surface area contributed by atoms with Crippen LogP contribution >= 0.6 is 12.1 Å². The number of benzene rings is 2. The molecule has 0 spiro atoms. The van der Waals surface area contributed by atoms with Gasteiger partial charge < -0.3 is 18.8 Å². The summed E-state index contributed by atoms with van der Waals surface area (Å²) in [4.78, 5) is 38.1. The second-order valence-electron chi connectivity index (χ2n) is 6.37. The molecule has 0 bridgehead atoms. The fourth-order valence-corrected chi connectivity index (χ4v) is 2.96. The Bertz CT molecular complexity index is 1210. The van der Waals surface area contributed by atoms with E-state index in [1.54, 1.807) is 13.1 Å². The standard InChI is InChI=1S/C19H19FN4O5S/c1-21-30-22-14-6-4-5-11(16(14)20)10-24-17(25)13-8-7-12(28-18(26)23(2)3)9-15(13)29-19(24)27/h4-9,21-22H,10H2,1-3H3. The van der Waals surface area contributed by atoms with Gasteiger partial charge in [-0.2, -0.15) is 0 Å². The summed E-state index contributed by atoms with van der Waals surface area (Å²) in [6.45, 7) is -0.306. The molecule has 158 valence electrons. The third-order valence-electron chi connectivity index (χ3n) is 4.09. The van der Waals surface area contributed by atoms with Crippen molar-refractivity contribution in [2.24, 2.45) is 0 Å². The van der Waals surface area contributed by atoms with Crippen molar-refractivity contribution in [2.45, 2.75) is 6.54 Å². The van der Waals surface area contributed by atoms with Gasteiger partial charge in [0.2, 0.25) is 0 Å². The molecule has 0 unspecified atom stereocenters. The van der Waals surface area contributed by atoms with Crippen molar-refractivity contribution >= 4 is 34.9 Å². The van der Waals surface area contributed by atoms with Crippen LogP contribution in [-0.2, 0) is 6.54 Å². The fraction of sp³-hybridized carbons (Fsp3) is 0.211. The first-order valence-electron chi connectivity index (χ1n) is 8.74. The van der Waals surface area contributed by atoms with E-state index in [1.165, 1.54) is 49.3 Å². The number of amides is 1. The van der Waals surface area contributed by atoms with Gasteiger partial charge >= 0.3 is 11.8 Å². The van der Waals surface area contributed by atoms with E-state index in [0.29, 0.717) is 0 Å². The van der Waals surface area contributed by atoms with Gasteiger partial charge in [0.25, 0.3) is 5.56 Å². The molecule has 0 aliphatic carbocycles. The molecule has 9 nitrogen and oxygen atoms in total. The van der Waals surface area contributed by atoms with Crippen LogP contribution in [0, 0.1) is 5.82 Å². The Balaban J connectivity index is 1.97. The summed E-state index contributed by atoms with van der Waals surface area (Å²) in [7, 11) is 4.71. The average Bonchev–Trinajstić information content (AvgIpc) is 2.71. The number of halogens is 1. The molecule has 1 aromatic heterocycles. The maximum absolute atomic E-state index is 14.7. The lowest BCUT2D eigenvalue weighted by atomic mass is 10.2.